The van der Waals surface area contributed by atoms with Gasteiger partial charge in [-0.05, 0) is 56.2 Å². The molecular formula is C21H21F5N2O4S. The lowest BCUT2D eigenvalue weighted by molar-refractivity contribution is -0.137. The van der Waals surface area contributed by atoms with Crippen LogP contribution in [0.15, 0.2) is 41.3 Å². The molecular weight excluding hydrogens is 471 g/mol. The molecule has 1 amide bonds. The van der Waals surface area contributed by atoms with E-state index in [1.54, 1.807) is 6.92 Å². The van der Waals surface area contributed by atoms with Gasteiger partial charge in [0.25, 0.3) is 0 Å². The van der Waals surface area contributed by atoms with Gasteiger partial charge in [-0.25, -0.2) is 17.2 Å². The highest BCUT2D eigenvalue weighted by Crippen LogP contribution is 2.36. The monoisotopic (exact) mass is 492 g/mol. The average molecular weight is 492 g/mol. The van der Waals surface area contributed by atoms with Crippen molar-refractivity contribution in [2.24, 2.45) is 5.92 Å². The number of nitrogens with one attached hydrogen (secondary N) is 1. The van der Waals surface area contributed by atoms with Gasteiger partial charge < -0.3 is 10.1 Å². The Hall–Kier alpha value is -2.73. The summed E-state index contributed by atoms with van der Waals surface area (Å²) < 4.78 is 98.1. The topological polar surface area (TPSA) is 75.7 Å². The number of hydrogen-bond donors (Lipinski definition) is 1. The third-order valence-electron chi connectivity index (χ3n) is 5.20. The predicted octanol–water partition coefficient (Wildman–Crippen LogP) is 4.42. The molecule has 0 radical (unpaired) electrons. The molecule has 0 bridgehead atoms. The Morgan fingerprint density at radius 1 is 1.12 bits per heavy atom. The number of piperidine rings is 1. The van der Waals surface area contributed by atoms with E-state index in [1.165, 1.54) is 0 Å². The van der Waals surface area contributed by atoms with Gasteiger partial charge in [-0.2, -0.15) is 17.5 Å². The van der Waals surface area contributed by atoms with E-state index >= 15 is 0 Å². The number of amides is 1. The molecule has 2 aromatic rings. The number of alkyl halides is 3. The Balaban J connectivity index is 1.72. The van der Waals surface area contributed by atoms with Crippen LogP contribution in [-0.4, -0.2) is 38.3 Å². The van der Waals surface area contributed by atoms with E-state index in [-0.39, 0.29) is 44.0 Å². The molecule has 0 atom stereocenters. The molecule has 0 spiro atoms. The molecule has 0 aromatic heterocycles. The number of rotatable bonds is 6. The van der Waals surface area contributed by atoms with Crippen molar-refractivity contribution < 1.29 is 39.9 Å². The van der Waals surface area contributed by atoms with E-state index in [0.29, 0.717) is 12.1 Å². The smallest absolute Gasteiger partial charge is 0.416 e. The highest BCUT2D eigenvalue weighted by Gasteiger charge is 2.35. The summed E-state index contributed by atoms with van der Waals surface area (Å²) in [7, 11) is -4.32. The normalized spacial score (nSPS) is 15.9. The molecule has 2 aromatic carbocycles. The van der Waals surface area contributed by atoms with Gasteiger partial charge in [-0.1, -0.05) is 0 Å². The summed E-state index contributed by atoms with van der Waals surface area (Å²) in [6, 6.07) is 4.84. The second-order valence-electron chi connectivity index (χ2n) is 7.38. The first-order valence-electron chi connectivity index (χ1n) is 10.0. The zero-order valence-corrected chi connectivity index (χ0v) is 18.3. The lowest BCUT2D eigenvalue weighted by Gasteiger charge is -2.30. The maximum Gasteiger partial charge on any atom is 0.416 e. The van der Waals surface area contributed by atoms with Crippen molar-refractivity contribution in [3.8, 4) is 5.75 Å². The van der Waals surface area contributed by atoms with Gasteiger partial charge in [-0.3, -0.25) is 4.79 Å². The number of anilines is 1. The van der Waals surface area contributed by atoms with Gasteiger partial charge in [0.1, 0.15) is 22.3 Å². The molecule has 1 N–H and O–H groups in total. The van der Waals surface area contributed by atoms with Gasteiger partial charge in [0.2, 0.25) is 15.9 Å². The molecule has 3 rings (SSSR count). The Morgan fingerprint density at radius 3 is 2.39 bits per heavy atom. The predicted molar refractivity (Wildman–Crippen MR) is 109 cm³/mol. The Kier molecular flexibility index (Phi) is 7.27. The lowest BCUT2D eigenvalue weighted by atomic mass is 9.97. The standard InChI is InChI=1S/C21H21F5N2O4S/c1-2-32-18-6-3-14(21(24,25)26)11-17(18)27-20(29)13-7-9-28(10-8-13)33(30,31)19-12-15(22)4-5-16(19)23/h3-6,11-13H,2,7-10H2,1H3,(H,27,29). The average Bonchev–Trinajstić information content (AvgIpc) is 2.76. The van der Waals surface area contributed by atoms with E-state index in [2.05, 4.69) is 5.32 Å². The van der Waals surface area contributed by atoms with Crippen molar-refractivity contribution in [2.45, 2.75) is 30.8 Å². The molecule has 0 aliphatic carbocycles. The Morgan fingerprint density at radius 2 is 1.79 bits per heavy atom. The number of benzene rings is 2. The minimum Gasteiger partial charge on any atom is -0.492 e. The molecule has 33 heavy (non-hydrogen) atoms. The minimum absolute atomic E-state index is 0.0466. The number of hydrogen-bond acceptors (Lipinski definition) is 4. The van der Waals surface area contributed by atoms with E-state index < -0.39 is 50.1 Å². The van der Waals surface area contributed by atoms with E-state index in [0.717, 1.165) is 28.6 Å². The number of ether oxygens (including phenoxy) is 1. The largest absolute Gasteiger partial charge is 0.492 e. The van der Waals surface area contributed by atoms with Crippen LogP contribution in [0.4, 0.5) is 27.6 Å². The van der Waals surface area contributed by atoms with Crippen LogP contribution < -0.4 is 10.1 Å². The first-order chi connectivity index (χ1) is 15.4. The minimum atomic E-state index is -4.61. The lowest BCUT2D eigenvalue weighted by Crippen LogP contribution is -2.41. The number of halogens is 5. The molecule has 0 saturated carbocycles. The van der Waals surface area contributed by atoms with Crippen LogP contribution in [0.5, 0.6) is 5.75 Å². The summed E-state index contributed by atoms with van der Waals surface area (Å²) in [6.07, 6.45) is -4.52. The third-order valence-corrected chi connectivity index (χ3v) is 7.11. The molecule has 1 saturated heterocycles. The van der Waals surface area contributed by atoms with Crippen molar-refractivity contribution in [1.82, 2.24) is 4.31 Å². The summed E-state index contributed by atoms with van der Waals surface area (Å²) in [5, 5.41) is 2.44. The van der Waals surface area contributed by atoms with E-state index in [1.807, 2.05) is 0 Å². The fourth-order valence-electron chi connectivity index (χ4n) is 3.49. The molecule has 1 heterocycles. The summed E-state index contributed by atoms with van der Waals surface area (Å²) in [6.45, 7) is 1.52. The second kappa shape index (κ2) is 9.64. The molecule has 1 aliphatic heterocycles. The molecule has 1 fully saturated rings. The highest BCUT2D eigenvalue weighted by molar-refractivity contribution is 7.89. The number of nitrogens with zero attached hydrogens (tertiary/aromatic N) is 1. The van der Waals surface area contributed by atoms with Crippen LogP contribution in [0.1, 0.15) is 25.3 Å². The van der Waals surface area contributed by atoms with Crippen LogP contribution in [0.2, 0.25) is 0 Å². The van der Waals surface area contributed by atoms with Gasteiger partial charge in [0.05, 0.1) is 17.9 Å². The van der Waals surface area contributed by atoms with Crippen molar-refractivity contribution in [3.63, 3.8) is 0 Å². The Bertz CT molecular complexity index is 1130. The van der Waals surface area contributed by atoms with Crippen LogP contribution in [0, 0.1) is 17.6 Å². The zero-order chi connectivity index (χ0) is 24.4. The summed E-state index contributed by atoms with van der Waals surface area (Å²) in [5.41, 5.74) is -1.10. The highest BCUT2D eigenvalue weighted by atomic mass is 32.2. The van der Waals surface area contributed by atoms with Crippen LogP contribution >= 0.6 is 0 Å². The van der Waals surface area contributed by atoms with Crippen LogP contribution in [0.25, 0.3) is 0 Å². The SMILES string of the molecule is CCOc1ccc(C(F)(F)F)cc1NC(=O)C1CCN(S(=O)(=O)c2cc(F)ccc2F)CC1. The summed E-state index contributed by atoms with van der Waals surface area (Å²) >= 11 is 0. The summed E-state index contributed by atoms with van der Waals surface area (Å²) in [4.78, 5) is 11.9. The molecule has 0 unspecified atom stereocenters. The second-order valence-corrected chi connectivity index (χ2v) is 9.29. The fraction of sp³-hybridized carbons (Fsp3) is 0.381. The van der Waals surface area contributed by atoms with E-state index in [9.17, 15) is 35.2 Å². The molecule has 6 nitrogen and oxygen atoms in total. The van der Waals surface area contributed by atoms with Crippen LogP contribution in [-0.2, 0) is 21.0 Å². The maximum atomic E-state index is 14.0. The third kappa shape index (κ3) is 5.61. The Labute approximate surface area is 187 Å². The zero-order valence-electron chi connectivity index (χ0n) is 17.5. The summed E-state index contributed by atoms with van der Waals surface area (Å²) in [5.74, 6) is -3.22. The fourth-order valence-corrected chi connectivity index (χ4v) is 5.04. The number of sulfonamides is 1. The van der Waals surface area contributed by atoms with Crippen molar-refractivity contribution >= 4 is 21.6 Å². The quantitative estimate of drug-likeness (QED) is 0.606. The van der Waals surface area contributed by atoms with Crippen molar-refractivity contribution in [2.75, 3.05) is 25.0 Å². The number of carbonyl (C=O) groups excluding carboxylic acids is 1. The first kappa shape index (κ1) is 24.9. The molecule has 180 valence electrons. The van der Waals surface area contributed by atoms with E-state index in [4.69, 9.17) is 4.74 Å². The van der Waals surface area contributed by atoms with Crippen molar-refractivity contribution in [3.05, 3.63) is 53.6 Å². The maximum absolute atomic E-state index is 14.0. The van der Waals surface area contributed by atoms with Gasteiger partial charge >= 0.3 is 6.18 Å². The van der Waals surface area contributed by atoms with Gasteiger partial charge in [0, 0.05) is 19.0 Å². The number of carbonyl (C=O) groups is 1. The molecule has 12 heteroatoms. The molecule has 1 aliphatic rings. The van der Waals surface area contributed by atoms with Crippen molar-refractivity contribution in [1.29, 1.82) is 0 Å². The van der Waals surface area contributed by atoms with Gasteiger partial charge in [0.15, 0.2) is 0 Å². The van der Waals surface area contributed by atoms with Crippen LogP contribution in [0.3, 0.4) is 0 Å². The van der Waals surface area contributed by atoms with Gasteiger partial charge in [-0.15, -0.1) is 0 Å². The first-order valence-corrected chi connectivity index (χ1v) is 11.5.